The van der Waals surface area contributed by atoms with E-state index in [-0.39, 0.29) is 11.9 Å². The maximum atomic E-state index is 12.1. The number of rotatable bonds is 2. The SMILES string of the molecule is O=C(NC1CCNC1)C1Cc2cc(Cl)ccc2O1. The minimum absolute atomic E-state index is 0.0315. The number of hydrogen-bond acceptors (Lipinski definition) is 3. The maximum absolute atomic E-state index is 12.1. The van der Waals surface area contributed by atoms with Gasteiger partial charge in [-0.15, -0.1) is 0 Å². The fourth-order valence-corrected chi connectivity index (χ4v) is 2.63. The van der Waals surface area contributed by atoms with Crippen LogP contribution in [0.25, 0.3) is 0 Å². The Hall–Kier alpha value is -1.26. The molecule has 1 saturated heterocycles. The average molecular weight is 267 g/mol. The molecule has 2 N–H and O–H groups in total. The van der Waals surface area contributed by atoms with Crippen molar-refractivity contribution < 1.29 is 9.53 Å². The Morgan fingerprint density at radius 3 is 3.17 bits per heavy atom. The zero-order valence-corrected chi connectivity index (χ0v) is 10.7. The van der Waals surface area contributed by atoms with Gasteiger partial charge in [0.1, 0.15) is 5.75 Å². The van der Waals surface area contributed by atoms with Crippen LogP contribution in [0.4, 0.5) is 0 Å². The number of benzene rings is 1. The molecule has 4 nitrogen and oxygen atoms in total. The summed E-state index contributed by atoms with van der Waals surface area (Å²) in [5.41, 5.74) is 1.01. The van der Waals surface area contributed by atoms with Crippen molar-refractivity contribution in [2.75, 3.05) is 13.1 Å². The molecule has 2 unspecified atom stereocenters. The number of nitrogens with one attached hydrogen (secondary N) is 2. The van der Waals surface area contributed by atoms with Gasteiger partial charge in [0.25, 0.3) is 5.91 Å². The summed E-state index contributed by atoms with van der Waals surface area (Å²) >= 11 is 5.92. The van der Waals surface area contributed by atoms with Crippen molar-refractivity contribution in [3.63, 3.8) is 0 Å². The number of carbonyl (C=O) groups excluding carboxylic acids is 1. The molecular weight excluding hydrogens is 252 g/mol. The van der Waals surface area contributed by atoms with Gasteiger partial charge in [-0.1, -0.05) is 11.6 Å². The summed E-state index contributed by atoms with van der Waals surface area (Å²) in [7, 11) is 0. The number of ether oxygens (including phenoxy) is 1. The Morgan fingerprint density at radius 1 is 1.50 bits per heavy atom. The van der Waals surface area contributed by atoms with Crippen LogP contribution in [0, 0.1) is 0 Å². The van der Waals surface area contributed by atoms with E-state index in [9.17, 15) is 4.79 Å². The van der Waals surface area contributed by atoms with Crippen LogP contribution in [0.3, 0.4) is 0 Å². The molecule has 1 aromatic carbocycles. The highest BCUT2D eigenvalue weighted by Crippen LogP contribution is 2.31. The lowest BCUT2D eigenvalue weighted by molar-refractivity contribution is -0.127. The van der Waals surface area contributed by atoms with Crippen molar-refractivity contribution >= 4 is 17.5 Å². The van der Waals surface area contributed by atoms with E-state index in [1.165, 1.54) is 0 Å². The Morgan fingerprint density at radius 2 is 2.39 bits per heavy atom. The van der Waals surface area contributed by atoms with Crippen LogP contribution in [0.2, 0.25) is 5.02 Å². The van der Waals surface area contributed by atoms with E-state index in [1.54, 1.807) is 6.07 Å². The molecule has 0 bridgehead atoms. The number of hydrogen-bond donors (Lipinski definition) is 2. The van der Waals surface area contributed by atoms with Gasteiger partial charge >= 0.3 is 0 Å². The molecular formula is C13H15ClN2O2. The summed E-state index contributed by atoms with van der Waals surface area (Å²) in [6.45, 7) is 1.81. The first-order valence-corrected chi connectivity index (χ1v) is 6.56. The van der Waals surface area contributed by atoms with Crippen LogP contribution in [0.15, 0.2) is 18.2 Å². The van der Waals surface area contributed by atoms with Crippen LogP contribution >= 0.6 is 11.6 Å². The predicted octanol–water partition coefficient (Wildman–Crippen LogP) is 1.12. The smallest absolute Gasteiger partial charge is 0.261 e. The van der Waals surface area contributed by atoms with Crippen molar-refractivity contribution in [2.24, 2.45) is 0 Å². The van der Waals surface area contributed by atoms with Gasteiger partial charge in [-0.3, -0.25) is 4.79 Å². The minimum atomic E-state index is -0.418. The monoisotopic (exact) mass is 266 g/mol. The summed E-state index contributed by atoms with van der Waals surface area (Å²) in [6, 6.07) is 5.69. The normalized spacial score (nSPS) is 25.6. The van der Waals surface area contributed by atoms with Gasteiger partial charge < -0.3 is 15.4 Å². The summed E-state index contributed by atoms with van der Waals surface area (Å²) in [5, 5.41) is 6.91. The Balaban J connectivity index is 1.64. The van der Waals surface area contributed by atoms with Crippen molar-refractivity contribution in [1.82, 2.24) is 10.6 Å². The average Bonchev–Trinajstić information content (AvgIpc) is 2.96. The van der Waals surface area contributed by atoms with Crippen molar-refractivity contribution in [3.05, 3.63) is 28.8 Å². The highest BCUT2D eigenvalue weighted by atomic mass is 35.5. The first-order chi connectivity index (χ1) is 8.72. The lowest BCUT2D eigenvalue weighted by atomic mass is 10.1. The lowest BCUT2D eigenvalue weighted by Gasteiger charge is -2.15. The van der Waals surface area contributed by atoms with Crippen molar-refractivity contribution in [1.29, 1.82) is 0 Å². The zero-order valence-electron chi connectivity index (χ0n) is 9.91. The fraction of sp³-hybridized carbons (Fsp3) is 0.462. The maximum Gasteiger partial charge on any atom is 0.261 e. The molecule has 0 radical (unpaired) electrons. The molecule has 5 heteroatoms. The second-order valence-electron chi connectivity index (χ2n) is 4.76. The van der Waals surface area contributed by atoms with Crippen LogP contribution in [-0.4, -0.2) is 31.1 Å². The third-order valence-corrected chi connectivity index (χ3v) is 3.63. The standard InChI is InChI=1S/C13H15ClN2O2/c14-9-1-2-11-8(5-9)6-12(18-11)13(17)16-10-3-4-15-7-10/h1-2,5,10,12,15H,3-4,6-7H2,(H,16,17). The first-order valence-electron chi connectivity index (χ1n) is 6.18. The molecule has 1 aromatic rings. The number of fused-ring (bicyclic) bond motifs is 1. The second-order valence-corrected chi connectivity index (χ2v) is 5.20. The summed E-state index contributed by atoms with van der Waals surface area (Å²) in [6.07, 6.45) is 1.16. The molecule has 0 spiro atoms. The van der Waals surface area contributed by atoms with Crippen LogP contribution in [0.5, 0.6) is 5.75 Å². The van der Waals surface area contributed by atoms with Crippen LogP contribution in [0.1, 0.15) is 12.0 Å². The van der Waals surface area contributed by atoms with E-state index in [1.807, 2.05) is 12.1 Å². The minimum Gasteiger partial charge on any atom is -0.480 e. The molecule has 0 aliphatic carbocycles. The molecule has 2 aliphatic rings. The summed E-state index contributed by atoms with van der Waals surface area (Å²) < 4.78 is 5.64. The fourth-order valence-electron chi connectivity index (χ4n) is 2.44. The molecule has 1 amide bonds. The lowest BCUT2D eigenvalue weighted by Crippen LogP contribution is -2.44. The van der Waals surface area contributed by atoms with Gasteiger partial charge in [-0.05, 0) is 36.7 Å². The quantitative estimate of drug-likeness (QED) is 0.844. The molecule has 0 aromatic heterocycles. The molecule has 0 saturated carbocycles. The summed E-state index contributed by atoms with van der Waals surface area (Å²) in [4.78, 5) is 12.1. The van der Waals surface area contributed by atoms with E-state index in [0.29, 0.717) is 11.4 Å². The molecule has 2 heterocycles. The third-order valence-electron chi connectivity index (χ3n) is 3.40. The molecule has 2 aliphatic heterocycles. The second kappa shape index (κ2) is 4.78. The Kier molecular flexibility index (Phi) is 3.14. The molecule has 18 heavy (non-hydrogen) atoms. The molecule has 1 fully saturated rings. The topological polar surface area (TPSA) is 50.4 Å². The highest BCUT2D eigenvalue weighted by molar-refractivity contribution is 6.30. The van der Waals surface area contributed by atoms with Crippen molar-refractivity contribution in [2.45, 2.75) is 25.0 Å². The highest BCUT2D eigenvalue weighted by Gasteiger charge is 2.30. The van der Waals surface area contributed by atoms with Gasteiger partial charge in [-0.25, -0.2) is 0 Å². The van der Waals surface area contributed by atoms with Gasteiger partial charge in [0.2, 0.25) is 0 Å². The van der Waals surface area contributed by atoms with Crippen molar-refractivity contribution in [3.8, 4) is 5.75 Å². The van der Waals surface area contributed by atoms with Crippen LogP contribution in [-0.2, 0) is 11.2 Å². The third kappa shape index (κ3) is 2.31. The van der Waals surface area contributed by atoms with E-state index in [4.69, 9.17) is 16.3 Å². The predicted molar refractivity (Wildman–Crippen MR) is 69.0 cm³/mol. The number of carbonyl (C=O) groups is 1. The van der Waals surface area contributed by atoms with Crippen LogP contribution < -0.4 is 15.4 Å². The Labute approximate surface area is 111 Å². The van der Waals surface area contributed by atoms with E-state index in [2.05, 4.69) is 10.6 Å². The number of amides is 1. The van der Waals surface area contributed by atoms with Gasteiger partial charge in [0.15, 0.2) is 6.10 Å². The van der Waals surface area contributed by atoms with Gasteiger partial charge in [0.05, 0.1) is 0 Å². The number of halogens is 1. The summed E-state index contributed by atoms with van der Waals surface area (Å²) in [5.74, 6) is 0.736. The van der Waals surface area contributed by atoms with Gasteiger partial charge in [-0.2, -0.15) is 0 Å². The first kappa shape index (κ1) is 11.8. The molecule has 2 atom stereocenters. The molecule has 96 valence electrons. The molecule has 3 rings (SSSR count). The van der Waals surface area contributed by atoms with Gasteiger partial charge in [0, 0.05) is 24.0 Å². The van der Waals surface area contributed by atoms with E-state index < -0.39 is 6.10 Å². The van der Waals surface area contributed by atoms with E-state index >= 15 is 0 Å². The van der Waals surface area contributed by atoms with E-state index in [0.717, 1.165) is 30.8 Å². The largest absolute Gasteiger partial charge is 0.480 e. The zero-order chi connectivity index (χ0) is 12.5. The Bertz CT molecular complexity index is 472.